The average Bonchev–Trinajstić information content (AvgIpc) is 2.08. The third kappa shape index (κ3) is 1.95. The van der Waals surface area contributed by atoms with E-state index in [-0.39, 0.29) is 5.92 Å². The molecule has 1 aliphatic rings. The molecule has 0 aromatic heterocycles. The summed E-state index contributed by atoms with van der Waals surface area (Å²) in [5.41, 5.74) is 2.59. The number of rotatable bonds is 2. The summed E-state index contributed by atoms with van der Waals surface area (Å²) in [6.07, 6.45) is 1.87. The quantitative estimate of drug-likeness (QED) is 0.818. The smallest absolute Gasteiger partial charge is 0.229 e. The summed E-state index contributed by atoms with van der Waals surface area (Å²) in [7, 11) is -3.24. The number of hydrogen-bond donors (Lipinski definition) is 1. The van der Waals surface area contributed by atoms with Gasteiger partial charge < -0.3 is 0 Å². The molecule has 0 amide bonds. The van der Waals surface area contributed by atoms with Gasteiger partial charge in [0, 0.05) is 5.69 Å². The third-order valence-electron chi connectivity index (χ3n) is 2.40. The molecule has 1 aromatic rings. The van der Waals surface area contributed by atoms with Crippen LogP contribution in [0.2, 0.25) is 0 Å². The Balaban J connectivity index is 2.31. The van der Waals surface area contributed by atoms with Crippen molar-refractivity contribution >= 4 is 15.7 Å². The van der Waals surface area contributed by atoms with Crippen LogP contribution in [0.4, 0.5) is 5.69 Å². The molecule has 15 heavy (non-hydrogen) atoms. The van der Waals surface area contributed by atoms with Crippen molar-refractivity contribution < 1.29 is 8.42 Å². The van der Waals surface area contributed by atoms with Crippen molar-refractivity contribution in [3.8, 4) is 6.07 Å². The van der Waals surface area contributed by atoms with Gasteiger partial charge in [0.05, 0.1) is 18.2 Å². The first-order valence-electron chi connectivity index (χ1n) is 4.50. The van der Waals surface area contributed by atoms with Crippen LogP contribution in [0, 0.1) is 11.3 Å². The zero-order chi connectivity index (χ0) is 11.1. The number of sulfonamides is 1. The fourth-order valence-corrected chi connectivity index (χ4v) is 2.25. The van der Waals surface area contributed by atoms with E-state index in [9.17, 15) is 8.42 Å². The van der Waals surface area contributed by atoms with Gasteiger partial charge in [0.15, 0.2) is 0 Å². The highest BCUT2D eigenvalue weighted by atomic mass is 32.2. The molecule has 0 bridgehead atoms. The molecule has 1 N–H and O–H groups in total. The predicted molar refractivity (Wildman–Crippen MR) is 57.0 cm³/mol. The number of anilines is 1. The van der Waals surface area contributed by atoms with Gasteiger partial charge in [0.25, 0.3) is 0 Å². The molecule has 0 heterocycles. The zero-order valence-corrected chi connectivity index (χ0v) is 9.00. The van der Waals surface area contributed by atoms with E-state index in [0.717, 1.165) is 23.8 Å². The Kier molecular flexibility index (Phi) is 2.16. The summed E-state index contributed by atoms with van der Waals surface area (Å²) >= 11 is 0. The van der Waals surface area contributed by atoms with Crippen LogP contribution < -0.4 is 4.72 Å². The summed E-state index contributed by atoms with van der Waals surface area (Å²) in [5, 5.41) is 8.77. The van der Waals surface area contributed by atoms with Crippen molar-refractivity contribution in [3.63, 3.8) is 0 Å². The highest BCUT2D eigenvalue weighted by Gasteiger charge is 2.26. The van der Waals surface area contributed by atoms with E-state index < -0.39 is 10.0 Å². The van der Waals surface area contributed by atoms with Gasteiger partial charge >= 0.3 is 0 Å². The van der Waals surface area contributed by atoms with E-state index in [4.69, 9.17) is 5.26 Å². The van der Waals surface area contributed by atoms with Crippen molar-refractivity contribution in [3.05, 3.63) is 29.3 Å². The van der Waals surface area contributed by atoms with E-state index in [2.05, 4.69) is 10.8 Å². The van der Waals surface area contributed by atoms with Gasteiger partial charge in [-0.2, -0.15) is 5.26 Å². The summed E-state index contributed by atoms with van der Waals surface area (Å²) in [5.74, 6) is -0.0821. The number of fused-ring (bicyclic) bond motifs is 1. The molecule has 0 fully saturated rings. The molecule has 2 rings (SSSR count). The Labute approximate surface area is 88.6 Å². The highest BCUT2D eigenvalue weighted by Crippen LogP contribution is 2.36. The largest absolute Gasteiger partial charge is 0.284 e. The lowest BCUT2D eigenvalue weighted by atomic mass is 9.78. The summed E-state index contributed by atoms with van der Waals surface area (Å²) in [6, 6.07) is 7.47. The molecule has 78 valence electrons. The Morgan fingerprint density at radius 2 is 2.27 bits per heavy atom. The third-order valence-corrected chi connectivity index (χ3v) is 3.01. The maximum Gasteiger partial charge on any atom is 0.229 e. The molecule has 0 saturated heterocycles. The molecule has 0 aliphatic heterocycles. The van der Waals surface area contributed by atoms with Crippen LogP contribution in [0.3, 0.4) is 0 Å². The Bertz CT molecular complexity index is 543. The molecule has 0 saturated carbocycles. The minimum atomic E-state index is -3.24. The number of hydrogen-bond acceptors (Lipinski definition) is 3. The van der Waals surface area contributed by atoms with Crippen molar-refractivity contribution in [1.82, 2.24) is 0 Å². The van der Waals surface area contributed by atoms with E-state index in [0.29, 0.717) is 5.69 Å². The maximum absolute atomic E-state index is 11.0. The van der Waals surface area contributed by atoms with Gasteiger partial charge in [0.2, 0.25) is 10.0 Å². The molecule has 0 radical (unpaired) electrons. The van der Waals surface area contributed by atoms with Gasteiger partial charge in [-0.15, -0.1) is 0 Å². The Morgan fingerprint density at radius 3 is 2.87 bits per heavy atom. The van der Waals surface area contributed by atoms with Crippen molar-refractivity contribution in [2.45, 2.75) is 12.3 Å². The van der Waals surface area contributed by atoms with Crippen LogP contribution in [-0.4, -0.2) is 14.7 Å². The van der Waals surface area contributed by atoms with Gasteiger partial charge in [-0.1, -0.05) is 6.07 Å². The van der Waals surface area contributed by atoms with E-state index >= 15 is 0 Å². The van der Waals surface area contributed by atoms with Crippen molar-refractivity contribution in [2.24, 2.45) is 0 Å². The minimum Gasteiger partial charge on any atom is -0.284 e. The number of nitriles is 1. The topological polar surface area (TPSA) is 70.0 Å². The fourth-order valence-electron chi connectivity index (χ4n) is 1.70. The SMILES string of the molecule is CS(=O)(=O)Nc1ccc2c(c1)C(C#N)C2. The van der Waals surface area contributed by atoms with Gasteiger partial charge in [-0.25, -0.2) is 8.42 Å². The summed E-state index contributed by atoms with van der Waals surface area (Å²) < 4.78 is 24.4. The molecule has 5 heteroatoms. The zero-order valence-electron chi connectivity index (χ0n) is 8.19. The Morgan fingerprint density at radius 1 is 1.53 bits per heavy atom. The van der Waals surface area contributed by atoms with Gasteiger partial charge in [-0.05, 0) is 29.7 Å². The van der Waals surface area contributed by atoms with Crippen molar-refractivity contribution in [1.29, 1.82) is 5.26 Å². The number of nitrogens with zero attached hydrogens (tertiary/aromatic N) is 1. The highest BCUT2D eigenvalue weighted by molar-refractivity contribution is 7.92. The summed E-state index contributed by atoms with van der Waals surface area (Å²) in [6.45, 7) is 0. The van der Waals surface area contributed by atoms with Crippen LogP contribution in [0.5, 0.6) is 0 Å². The van der Waals surface area contributed by atoms with Crippen LogP contribution >= 0.6 is 0 Å². The lowest BCUT2D eigenvalue weighted by Crippen LogP contribution is -2.17. The van der Waals surface area contributed by atoms with E-state index in [1.165, 1.54) is 0 Å². The second-order valence-corrected chi connectivity index (χ2v) is 5.42. The van der Waals surface area contributed by atoms with Crippen LogP contribution in [0.1, 0.15) is 17.0 Å². The van der Waals surface area contributed by atoms with Crippen LogP contribution in [-0.2, 0) is 16.4 Å². The average molecular weight is 222 g/mol. The van der Waals surface area contributed by atoms with Crippen LogP contribution in [0.25, 0.3) is 0 Å². The molecule has 1 aromatic carbocycles. The Hall–Kier alpha value is -1.54. The molecule has 0 spiro atoms. The second-order valence-electron chi connectivity index (χ2n) is 3.67. The molecule has 4 nitrogen and oxygen atoms in total. The first-order chi connectivity index (χ1) is 6.99. The molecule has 1 aliphatic carbocycles. The molecular weight excluding hydrogens is 212 g/mol. The second kappa shape index (κ2) is 3.24. The number of benzene rings is 1. The monoisotopic (exact) mass is 222 g/mol. The fraction of sp³-hybridized carbons (Fsp3) is 0.300. The first kappa shape index (κ1) is 9.99. The molecule has 1 unspecified atom stereocenters. The van der Waals surface area contributed by atoms with Gasteiger partial charge in [-0.3, -0.25) is 4.72 Å². The van der Waals surface area contributed by atoms with Gasteiger partial charge in [0.1, 0.15) is 0 Å². The lowest BCUT2D eigenvalue weighted by molar-refractivity contribution is 0.607. The maximum atomic E-state index is 11.0. The standard InChI is InChI=1S/C10H10N2O2S/c1-15(13,14)12-9-3-2-7-4-8(6-11)10(7)5-9/h2-3,5,8,12H,4H2,1H3. The van der Waals surface area contributed by atoms with E-state index in [1.54, 1.807) is 12.1 Å². The summed E-state index contributed by atoms with van der Waals surface area (Å²) in [4.78, 5) is 0. The predicted octanol–water partition coefficient (Wildman–Crippen LogP) is 1.22. The number of nitrogens with one attached hydrogen (secondary N) is 1. The van der Waals surface area contributed by atoms with E-state index in [1.807, 2.05) is 6.07 Å². The van der Waals surface area contributed by atoms with Crippen LogP contribution in [0.15, 0.2) is 18.2 Å². The molecule has 1 atom stereocenters. The minimum absolute atomic E-state index is 0.0821. The molecular formula is C10H10N2O2S. The lowest BCUT2D eigenvalue weighted by Gasteiger charge is -2.25. The van der Waals surface area contributed by atoms with Crippen molar-refractivity contribution in [2.75, 3.05) is 11.0 Å². The first-order valence-corrected chi connectivity index (χ1v) is 6.39. The normalized spacial score (nSPS) is 18.5.